The van der Waals surface area contributed by atoms with Gasteiger partial charge < -0.3 is 14.7 Å². The molecule has 1 saturated heterocycles. The molecule has 1 heterocycles. The Morgan fingerprint density at radius 2 is 2.14 bits per heavy atom. The molecule has 0 saturated carbocycles. The Balaban J connectivity index is 2.15. The van der Waals surface area contributed by atoms with Crippen molar-refractivity contribution in [1.29, 1.82) is 0 Å². The lowest BCUT2D eigenvalue weighted by atomic mass is 9.97. The summed E-state index contributed by atoms with van der Waals surface area (Å²) in [6.07, 6.45) is 2.69. The molecule has 0 amide bonds. The van der Waals surface area contributed by atoms with E-state index in [1.807, 2.05) is 6.92 Å². The monoisotopic (exact) mass is 294 g/mol. The van der Waals surface area contributed by atoms with Gasteiger partial charge >= 0.3 is 5.69 Å². The first-order valence-corrected chi connectivity index (χ1v) is 7.42. The first-order valence-electron chi connectivity index (χ1n) is 7.42. The number of nitro groups is 1. The second kappa shape index (κ2) is 7.26. The fraction of sp³-hybridized carbons (Fsp3) is 0.600. The maximum absolute atomic E-state index is 11.0. The third kappa shape index (κ3) is 3.85. The smallest absolute Gasteiger partial charge is 0.311 e. The third-order valence-electron chi connectivity index (χ3n) is 3.84. The highest BCUT2D eigenvalue weighted by molar-refractivity contribution is 5.59. The molecule has 1 aliphatic heterocycles. The molecule has 0 bridgehead atoms. The largest absolute Gasteiger partial charge is 0.487 e. The van der Waals surface area contributed by atoms with E-state index in [0.29, 0.717) is 18.3 Å². The molecule has 0 aliphatic carbocycles. The Labute approximate surface area is 124 Å². The Hall–Kier alpha value is -1.82. The van der Waals surface area contributed by atoms with Crippen LogP contribution in [0.2, 0.25) is 0 Å². The van der Waals surface area contributed by atoms with E-state index in [-0.39, 0.29) is 12.3 Å². The minimum Gasteiger partial charge on any atom is -0.487 e. The zero-order chi connectivity index (χ0) is 15.2. The Bertz CT molecular complexity index is 485. The molecule has 1 fully saturated rings. The molecule has 0 aromatic heterocycles. The van der Waals surface area contributed by atoms with E-state index in [0.717, 1.165) is 38.0 Å². The van der Waals surface area contributed by atoms with Gasteiger partial charge in [-0.2, -0.15) is 0 Å². The van der Waals surface area contributed by atoms with Crippen LogP contribution in [0, 0.1) is 16.0 Å². The lowest BCUT2D eigenvalue weighted by Gasteiger charge is -2.33. The fourth-order valence-electron chi connectivity index (χ4n) is 2.55. The van der Waals surface area contributed by atoms with Gasteiger partial charge in [0.2, 0.25) is 0 Å². The summed E-state index contributed by atoms with van der Waals surface area (Å²) in [6.45, 7) is 4.39. The van der Waals surface area contributed by atoms with E-state index in [1.165, 1.54) is 6.07 Å². The molecule has 0 unspecified atom stereocenters. The highest BCUT2D eigenvalue weighted by Gasteiger charge is 2.22. The van der Waals surface area contributed by atoms with Crippen molar-refractivity contribution in [2.45, 2.75) is 26.2 Å². The molecule has 0 spiro atoms. The van der Waals surface area contributed by atoms with Crippen molar-refractivity contribution >= 4 is 11.4 Å². The van der Waals surface area contributed by atoms with Crippen molar-refractivity contribution in [1.82, 2.24) is 0 Å². The van der Waals surface area contributed by atoms with Gasteiger partial charge in [-0.15, -0.1) is 0 Å². The number of aliphatic hydroxyl groups excluding tert-OH is 1. The minimum atomic E-state index is -0.410. The maximum atomic E-state index is 11.0. The van der Waals surface area contributed by atoms with Gasteiger partial charge in [-0.3, -0.25) is 10.1 Å². The van der Waals surface area contributed by atoms with Crippen molar-refractivity contribution in [2.75, 3.05) is 31.2 Å². The van der Waals surface area contributed by atoms with Gasteiger partial charge in [0.05, 0.1) is 11.5 Å². The van der Waals surface area contributed by atoms with Crippen LogP contribution in [0.1, 0.15) is 26.2 Å². The molecule has 21 heavy (non-hydrogen) atoms. The predicted molar refractivity (Wildman–Crippen MR) is 80.9 cm³/mol. The summed E-state index contributed by atoms with van der Waals surface area (Å²) in [5.74, 6) is 0.707. The number of piperidine rings is 1. The Morgan fingerprint density at radius 1 is 1.43 bits per heavy atom. The van der Waals surface area contributed by atoms with E-state index < -0.39 is 4.92 Å². The van der Waals surface area contributed by atoms with E-state index >= 15 is 0 Å². The lowest BCUT2D eigenvalue weighted by molar-refractivity contribution is -0.385. The summed E-state index contributed by atoms with van der Waals surface area (Å²) in [7, 11) is 0. The van der Waals surface area contributed by atoms with Crippen LogP contribution in [0.3, 0.4) is 0 Å². The van der Waals surface area contributed by atoms with Crippen molar-refractivity contribution in [3.05, 3.63) is 28.3 Å². The SMILES string of the molecule is CCCOc1cc(N2CCC(CO)CC2)ccc1[N+](=O)[O-]. The average molecular weight is 294 g/mol. The second-order valence-corrected chi connectivity index (χ2v) is 5.37. The summed E-state index contributed by atoms with van der Waals surface area (Å²) >= 11 is 0. The molecule has 0 radical (unpaired) electrons. The number of aliphatic hydroxyl groups is 1. The van der Waals surface area contributed by atoms with E-state index in [2.05, 4.69) is 4.90 Å². The number of anilines is 1. The molecule has 6 nitrogen and oxygen atoms in total. The number of ether oxygens (including phenoxy) is 1. The summed E-state index contributed by atoms with van der Waals surface area (Å²) in [4.78, 5) is 12.8. The second-order valence-electron chi connectivity index (χ2n) is 5.37. The number of hydrogen-bond donors (Lipinski definition) is 1. The first kappa shape index (κ1) is 15.6. The number of rotatable bonds is 6. The van der Waals surface area contributed by atoms with Crippen LogP contribution >= 0.6 is 0 Å². The van der Waals surface area contributed by atoms with Gasteiger partial charge in [0.25, 0.3) is 0 Å². The molecule has 1 aromatic rings. The predicted octanol–water partition coefficient (Wildman–Crippen LogP) is 2.59. The fourth-order valence-corrected chi connectivity index (χ4v) is 2.55. The number of hydrogen-bond acceptors (Lipinski definition) is 5. The summed E-state index contributed by atoms with van der Waals surface area (Å²) in [5, 5.41) is 20.2. The summed E-state index contributed by atoms with van der Waals surface area (Å²) in [6, 6.07) is 5.04. The molecular formula is C15H22N2O4. The summed E-state index contributed by atoms with van der Waals surface area (Å²) < 4.78 is 5.51. The van der Waals surface area contributed by atoms with Crippen molar-refractivity contribution < 1.29 is 14.8 Å². The molecule has 116 valence electrons. The van der Waals surface area contributed by atoms with Crippen LogP contribution in [0.25, 0.3) is 0 Å². The van der Waals surface area contributed by atoms with Gasteiger partial charge in [0.15, 0.2) is 5.75 Å². The Kier molecular flexibility index (Phi) is 5.38. The van der Waals surface area contributed by atoms with Crippen LogP contribution in [-0.4, -0.2) is 36.3 Å². The molecule has 2 rings (SSSR count). The van der Waals surface area contributed by atoms with Crippen LogP contribution < -0.4 is 9.64 Å². The van der Waals surface area contributed by atoms with Crippen LogP contribution in [0.4, 0.5) is 11.4 Å². The molecule has 1 aromatic carbocycles. The molecule has 0 atom stereocenters. The zero-order valence-electron chi connectivity index (χ0n) is 12.3. The van der Waals surface area contributed by atoms with E-state index in [4.69, 9.17) is 4.74 Å². The number of nitrogens with zero attached hydrogens (tertiary/aromatic N) is 2. The minimum absolute atomic E-state index is 0.0115. The van der Waals surface area contributed by atoms with Crippen molar-refractivity contribution in [2.24, 2.45) is 5.92 Å². The van der Waals surface area contributed by atoms with Gasteiger partial charge in [0, 0.05) is 37.5 Å². The van der Waals surface area contributed by atoms with Crippen molar-refractivity contribution in [3.63, 3.8) is 0 Å². The topological polar surface area (TPSA) is 75.8 Å². The zero-order valence-corrected chi connectivity index (χ0v) is 12.3. The van der Waals surface area contributed by atoms with Gasteiger partial charge in [-0.25, -0.2) is 0 Å². The first-order chi connectivity index (χ1) is 10.2. The molecule has 1 aliphatic rings. The average Bonchev–Trinajstić information content (AvgIpc) is 2.52. The highest BCUT2D eigenvalue weighted by Crippen LogP contribution is 2.33. The van der Waals surface area contributed by atoms with Gasteiger partial charge in [-0.1, -0.05) is 6.92 Å². The Morgan fingerprint density at radius 3 is 2.71 bits per heavy atom. The van der Waals surface area contributed by atoms with Crippen LogP contribution in [-0.2, 0) is 0 Å². The highest BCUT2D eigenvalue weighted by atomic mass is 16.6. The van der Waals surface area contributed by atoms with Crippen molar-refractivity contribution in [3.8, 4) is 5.75 Å². The van der Waals surface area contributed by atoms with Crippen LogP contribution in [0.5, 0.6) is 5.75 Å². The third-order valence-corrected chi connectivity index (χ3v) is 3.84. The molecule has 1 N–H and O–H groups in total. The number of benzene rings is 1. The number of nitro benzene ring substituents is 1. The van der Waals surface area contributed by atoms with Gasteiger partial charge in [0.1, 0.15) is 0 Å². The van der Waals surface area contributed by atoms with E-state index in [1.54, 1.807) is 12.1 Å². The van der Waals surface area contributed by atoms with Gasteiger partial charge in [-0.05, 0) is 31.2 Å². The maximum Gasteiger partial charge on any atom is 0.311 e. The standard InChI is InChI=1S/C15H22N2O4/c1-2-9-21-15-10-13(3-4-14(15)17(19)20)16-7-5-12(11-18)6-8-16/h3-4,10,12,18H,2,5-9,11H2,1H3. The normalized spacial score (nSPS) is 16.0. The quantitative estimate of drug-likeness (QED) is 0.644. The lowest BCUT2D eigenvalue weighted by Crippen LogP contribution is -2.34. The van der Waals surface area contributed by atoms with E-state index in [9.17, 15) is 15.2 Å². The summed E-state index contributed by atoms with van der Waals surface area (Å²) in [5.41, 5.74) is 0.959. The molecular weight excluding hydrogens is 272 g/mol. The molecule has 6 heteroatoms. The van der Waals surface area contributed by atoms with Crippen LogP contribution in [0.15, 0.2) is 18.2 Å².